The summed E-state index contributed by atoms with van der Waals surface area (Å²) in [5, 5.41) is 3.54. The molecule has 1 nitrogen and oxygen atoms in total. The molecule has 0 fully saturated rings. The van der Waals surface area contributed by atoms with Gasteiger partial charge in [-0.15, -0.1) is 0 Å². The van der Waals surface area contributed by atoms with E-state index in [0.717, 1.165) is 11.8 Å². The van der Waals surface area contributed by atoms with E-state index in [1.165, 1.54) is 32.1 Å². The van der Waals surface area contributed by atoms with Gasteiger partial charge < -0.3 is 5.32 Å². The summed E-state index contributed by atoms with van der Waals surface area (Å²) < 4.78 is 0. The van der Waals surface area contributed by atoms with E-state index in [0.29, 0.717) is 5.54 Å². The third kappa shape index (κ3) is 5.01. The second-order valence-corrected chi connectivity index (χ2v) is 5.41. The molecule has 0 aromatic carbocycles. The Morgan fingerprint density at radius 3 is 2.13 bits per heavy atom. The van der Waals surface area contributed by atoms with Crippen LogP contribution in [0.5, 0.6) is 0 Å². The summed E-state index contributed by atoms with van der Waals surface area (Å²) in [5.41, 5.74) is 0.333. The monoisotopic (exact) mass is 213 g/mol. The van der Waals surface area contributed by atoms with E-state index in [2.05, 4.69) is 47.0 Å². The summed E-state index contributed by atoms with van der Waals surface area (Å²) in [6.07, 6.45) is 6.59. The van der Waals surface area contributed by atoms with Crippen LogP contribution in [-0.2, 0) is 0 Å². The lowest BCUT2D eigenvalue weighted by Crippen LogP contribution is -2.46. The summed E-state index contributed by atoms with van der Waals surface area (Å²) in [4.78, 5) is 0. The van der Waals surface area contributed by atoms with E-state index < -0.39 is 0 Å². The molecular formula is C14H31N. The molecule has 0 spiro atoms. The van der Waals surface area contributed by atoms with E-state index in [1.54, 1.807) is 0 Å². The van der Waals surface area contributed by atoms with Gasteiger partial charge in [-0.25, -0.2) is 0 Å². The topological polar surface area (TPSA) is 12.0 Å². The fourth-order valence-electron chi connectivity index (χ4n) is 2.12. The lowest BCUT2D eigenvalue weighted by molar-refractivity contribution is 0.214. The molecule has 0 amide bonds. The summed E-state index contributed by atoms with van der Waals surface area (Å²) >= 11 is 0. The average Bonchev–Trinajstić information content (AvgIpc) is 2.25. The highest BCUT2D eigenvalue weighted by atomic mass is 14.9. The Bertz CT molecular complexity index is 155. The van der Waals surface area contributed by atoms with Crippen LogP contribution in [0.3, 0.4) is 0 Å². The van der Waals surface area contributed by atoms with E-state index in [4.69, 9.17) is 0 Å². The van der Waals surface area contributed by atoms with Crippen molar-refractivity contribution >= 4 is 0 Å². The molecule has 0 heterocycles. The Labute approximate surface area is 97.0 Å². The predicted octanol–water partition coefficient (Wildman–Crippen LogP) is 4.23. The summed E-state index contributed by atoms with van der Waals surface area (Å²) in [6, 6.07) is 0. The van der Waals surface area contributed by atoms with E-state index in [-0.39, 0.29) is 0 Å². The van der Waals surface area contributed by atoms with Crippen LogP contribution < -0.4 is 5.32 Å². The highest BCUT2D eigenvalue weighted by molar-refractivity contribution is 4.87. The van der Waals surface area contributed by atoms with Gasteiger partial charge in [0.2, 0.25) is 0 Å². The molecular weight excluding hydrogens is 182 g/mol. The van der Waals surface area contributed by atoms with Crippen LogP contribution in [-0.4, -0.2) is 12.6 Å². The molecule has 0 aliphatic carbocycles. The Morgan fingerprint density at radius 1 is 1.13 bits per heavy atom. The lowest BCUT2D eigenvalue weighted by atomic mass is 9.79. The predicted molar refractivity (Wildman–Crippen MR) is 70.2 cm³/mol. The second-order valence-electron chi connectivity index (χ2n) is 5.41. The number of hydrogen-bond acceptors (Lipinski definition) is 1. The summed E-state index contributed by atoms with van der Waals surface area (Å²) in [7, 11) is 2.11. The molecule has 0 bridgehead atoms. The lowest BCUT2D eigenvalue weighted by Gasteiger charge is -2.36. The van der Waals surface area contributed by atoms with E-state index in [9.17, 15) is 0 Å². The molecule has 3 unspecified atom stereocenters. The maximum Gasteiger partial charge on any atom is 0.0175 e. The minimum Gasteiger partial charge on any atom is -0.314 e. The third-order valence-corrected chi connectivity index (χ3v) is 4.23. The molecule has 15 heavy (non-hydrogen) atoms. The maximum atomic E-state index is 3.54. The van der Waals surface area contributed by atoms with Gasteiger partial charge in [0, 0.05) is 5.54 Å². The van der Waals surface area contributed by atoms with Gasteiger partial charge in [-0.1, -0.05) is 40.5 Å². The average molecular weight is 213 g/mol. The Hall–Kier alpha value is -0.0400. The molecule has 0 saturated carbocycles. The number of rotatable bonds is 8. The summed E-state index contributed by atoms with van der Waals surface area (Å²) in [5.74, 6) is 1.64. The molecule has 0 aromatic rings. The molecule has 0 aromatic heterocycles. The van der Waals surface area contributed by atoms with Crippen LogP contribution in [0.25, 0.3) is 0 Å². The fourth-order valence-corrected chi connectivity index (χ4v) is 2.12. The molecule has 0 aliphatic heterocycles. The van der Waals surface area contributed by atoms with Gasteiger partial charge in [0.25, 0.3) is 0 Å². The van der Waals surface area contributed by atoms with E-state index >= 15 is 0 Å². The molecule has 3 atom stereocenters. The molecule has 0 aliphatic rings. The van der Waals surface area contributed by atoms with Crippen molar-refractivity contribution in [3.05, 3.63) is 0 Å². The molecule has 1 N–H and O–H groups in total. The Balaban J connectivity index is 4.17. The highest BCUT2D eigenvalue weighted by Gasteiger charge is 2.28. The number of nitrogens with one attached hydrogen (secondary N) is 1. The van der Waals surface area contributed by atoms with Crippen LogP contribution in [0.4, 0.5) is 0 Å². The number of hydrogen-bond donors (Lipinski definition) is 1. The minimum atomic E-state index is 0.333. The highest BCUT2D eigenvalue weighted by Crippen LogP contribution is 2.28. The summed E-state index contributed by atoms with van der Waals surface area (Å²) in [6.45, 7) is 11.7. The molecule has 1 heteroatoms. The zero-order valence-electron chi connectivity index (χ0n) is 11.7. The van der Waals surface area contributed by atoms with Crippen LogP contribution in [0.2, 0.25) is 0 Å². The van der Waals surface area contributed by atoms with Gasteiger partial charge in [0.15, 0.2) is 0 Å². The van der Waals surface area contributed by atoms with Crippen LogP contribution in [0.1, 0.15) is 66.7 Å². The standard InChI is InChI=1S/C14H31N/c1-7-9-13(4)14(5,15-6)11-10-12(3)8-2/h12-13,15H,7-11H2,1-6H3. The first-order valence-corrected chi connectivity index (χ1v) is 6.69. The van der Waals surface area contributed by atoms with Crippen molar-refractivity contribution in [2.75, 3.05) is 7.05 Å². The fraction of sp³-hybridized carbons (Fsp3) is 1.00. The van der Waals surface area contributed by atoms with Crippen molar-refractivity contribution in [3.63, 3.8) is 0 Å². The Kier molecular flexibility index (Phi) is 7.25. The molecule has 0 rings (SSSR count). The normalized spacial score (nSPS) is 19.6. The smallest absolute Gasteiger partial charge is 0.0175 e. The van der Waals surface area contributed by atoms with Gasteiger partial charge in [-0.2, -0.15) is 0 Å². The third-order valence-electron chi connectivity index (χ3n) is 4.23. The van der Waals surface area contributed by atoms with Crippen molar-refractivity contribution in [1.29, 1.82) is 0 Å². The van der Waals surface area contributed by atoms with Gasteiger partial charge in [-0.3, -0.25) is 0 Å². The zero-order chi connectivity index (χ0) is 11.9. The van der Waals surface area contributed by atoms with E-state index in [1.807, 2.05) is 0 Å². The van der Waals surface area contributed by atoms with Crippen molar-refractivity contribution in [2.45, 2.75) is 72.3 Å². The quantitative estimate of drug-likeness (QED) is 0.636. The first-order chi connectivity index (χ1) is 7.00. The first-order valence-electron chi connectivity index (χ1n) is 6.69. The SMILES string of the molecule is CCCC(C)C(C)(CCC(C)CC)NC. The molecule has 0 saturated heterocycles. The van der Waals surface area contributed by atoms with Gasteiger partial charge >= 0.3 is 0 Å². The van der Waals surface area contributed by atoms with Gasteiger partial charge in [0.05, 0.1) is 0 Å². The molecule has 92 valence electrons. The maximum absolute atomic E-state index is 3.54. The Morgan fingerprint density at radius 2 is 1.73 bits per heavy atom. The van der Waals surface area contributed by atoms with Crippen LogP contribution in [0.15, 0.2) is 0 Å². The minimum absolute atomic E-state index is 0.333. The van der Waals surface area contributed by atoms with Crippen LogP contribution in [0, 0.1) is 11.8 Å². The second kappa shape index (κ2) is 7.27. The van der Waals surface area contributed by atoms with Crippen LogP contribution >= 0.6 is 0 Å². The largest absolute Gasteiger partial charge is 0.314 e. The van der Waals surface area contributed by atoms with Crippen molar-refractivity contribution < 1.29 is 0 Å². The van der Waals surface area contributed by atoms with Crippen molar-refractivity contribution in [1.82, 2.24) is 5.32 Å². The van der Waals surface area contributed by atoms with Crippen molar-refractivity contribution in [3.8, 4) is 0 Å². The molecule has 0 radical (unpaired) electrons. The first kappa shape index (κ1) is 15.0. The zero-order valence-corrected chi connectivity index (χ0v) is 11.7. The van der Waals surface area contributed by atoms with Gasteiger partial charge in [-0.05, 0) is 45.1 Å². The van der Waals surface area contributed by atoms with Gasteiger partial charge in [0.1, 0.15) is 0 Å². The van der Waals surface area contributed by atoms with Crippen molar-refractivity contribution in [2.24, 2.45) is 11.8 Å².